The molecule has 0 aromatic carbocycles. The second-order valence-corrected chi connectivity index (χ2v) is 5.12. The van der Waals surface area contributed by atoms with Crippen LogP contribution in [0.2, 0.25) is 0 Å². The van der Waals surface area contributed by atoms with E-state index in [2.05, 4.69) is 19.8 Å². The van der Waals surface area contributed by atoms with Crippen molar-refractivity contribution in [2.24, 2.45) is 7.05 Å². The van der Waals surface area contributed by atoms with Gasteiger partial charge in [-0.25, -0.2) is 0 Å². The van der Waals surface area contributed by atoms with Crippen molar-refractivity contribution >= 4 is 22.4 Å². The molecule has 0 unspecified atom stereocenters. The Hall–Kier alpha value is -2.41. The first-order valence-corrected chi connectivity index (χ1v) is 6.89. The molecule has 6 nitrogen and oxygen atoms in total. The average molecular weight is 286 g/mol. The van der Waals surface area contributed by atoms with E-state index in [9.17, 15) is 0 Å². The van der Waals surface area contributed by atoms with Crippen molar-refractivity contribution in [2.75, 3.05) is 11.1 Å². The van der Waals surface area contributed by atoms with Crippen LogP contribution in [0.4, 0.5) is 10.8 Å². The van der Waals surface area contributed by atoms with Crippen LogP contribution in [-0.4, -0.2) is 19.1 Å². The van der Waals surface area contributed by atoms with Gasteiger partial charge in [-0.05, 0) is 23.7 Å². The molecule has 0 aliphatic carbocycles. The highest BCUT2D eigenvalue weighted by molar-refractivity contribution is 7.11. The predicted molar refractivity (Wildman–Crippen MR) is 80.3 cm³/mol. The zero-order chi connectivity index (χ0) is 13.9. The third kappa shape index (κ3) is 2.48. The number of pyridine rings is 1. The summed E-state index contributed by atoms with van der Waals surface area (Å²) in [5, 5.41) is 8.60. The Bertz CT molecular complexity index is 703. The molecule has 102 valence electrons. The number of nitrogens with zero attached hydrogens (tertiary/aromatic N) is 4. The SMILES string of the molecule is Cn1ccc(CNc2snc(N)c2-c2cccnc2)n1. The fourth-order valence-electron chi connectivity index (χ4n) is 1.94. The minimum absolute atomic E-state index is 0.520. The largest absolute Gasteiger partial charge is 0.382 e. The van der Waals surface area contributed by atoms with Crippen LogP contribution >= 0.6 is 11.5 Å². The maximum atomic E-state index is 5.96. The first-order valence-electron chi connectivity index (χ1n) is 6.12. The van der Waals surface area contributed by atoms with Gasteiger partial charge >= 0.3 is 0 Å². The number of nitrogen functional groups attached to an aromatic ring is 1. The standard InChI is InChI=1S/C13H14N6S/c1-19-6-4-10(17-19)8-16-13-11(12(14)18-20-13)9-3-2-5-15-7-9/h2-7,16H,8H2,1H3,(H2,14,18). The molecule has 20 heavy (non-hydrogen) atoms. The highest BCUT2D eigenvalue weighted by Gasteiger charge is 2.13. The fourth-order valence-corrected chi connectivity index (χ4v) is 2.67. The third-order valence-corrected chi connectivity index (χ3v) is 3.69. The summed E-state index contributed by atoms with van der Waals surface area (Å²) >= 11 is 1.35. The van der Waals surface area contributed by atoms with Crippen LogP contribution in [0, 0.1) is 0 Å². The Morgan fingerprint density at radius 2 is 2.30 bits per heavy atom. The first-order chi connectivity index (χ1) is 9.74. The van der Waals surface area contributed by atoms with E-state index >= 15 is 0 Å². The fraction of sp³-hybridized carbons (Fsp3) is 0.154. The van der Waals surface area contributed by atoms with Gasteiger partial charge in [0.25, 0.3) is 0 Å². The van der Waals surface area contributed by atoms with Crippen LogP contribution in [0.25, 0.3) is 11.1 Å². The van der Waals surface area contributed by atoms with E-state index < -0.39 is 0 Å². The molecule has 3 aromatic heterocycles. The summed E-state index contributed by atoms with van der Waals surface area (Å²) < 4.78 is 5.99. The molecule has 7 heteroatoms. The Labute approximate surface area is 120 Å². The topological polar surface area (TPSA) is 81.7 Å². The van der Waals surface area contributed by atoms with Crippen LogP contribution in [0.5, 0.6) is 0 Å². The van der Waals surface area contributed by atoms with Crippen molar-refractivity contribution in [1.82, 2.24) is 19.1 Å². The lowest BCUT2D eigenvalue weighted by atomic mass is 10.1. The van der Waals surface area contributed by atoms with Gasteiger partial charge in [0.05, 0.1) is 17.8 Å². The molecule has 0 fully saturated rings. The monoisotopic (exact) mass is 286 g/mol. The molecule has 3 N–H and O–H groups in total. The van der Waals surface area contributed by atoms with Crippen molar-refractivity contribution in [3.8, 4) is 11.1 Å². The van der Waals surface area contributed by atoms with Gasteiger partial charge in [-0.3, -0.25) is 9.67 Å². The molecule has 3 rings (SSSR count). The molecule has 3 heterocycles. The van der Waals surface area contributed by atoms with Crippen LogP contribution in [0.1, 0.15) is 5.69 Å². The number of aromatic nitrogens is 4. The average Bonchev–Trinajstić information content (AvgIpc) is 3.03. The molecule has 0 radical (unpaired) electrons. The van der Waals surface area contributed by atoms with Gasteiger partial charge in [-0.15, -0.1) is 0 Å². The van der Waals surface area contributed by atoms with E-state index in [1.807, 2.05) is 31.4 Å². The summed E-state index contributed by atoms with van der Waals surface area (Å²) in [7, 11) is 1.90. The maximum absolute atomic E-state index is 5.96. The molecular formula is C13H14N6S. The molecule has 0 amide bonds. The number of aryl methyl sites for hydroxylation is 1. The van der Waals surface area contributed by atoms with Gasteiger partial charge in [-0.2, -0.15) is 9.47 Å². The zero-order valence-electron chi connectivity index (χ0n) is 10.9. The molecule has 0 saturated carbocycles. The minimum Gasteiger partial charge on any atom is -0.382 e. The lowest BCUT2D eigenvalue weighted by Gasteiger charge is -2.05. The summed E-state index contributed by atoms with van der Waals surface area (Å²) in [6, 6.07) is 5.83. The smallest absolute Gasteiger partial charge is 0.147 e. The Balaban J connectivity index is 1.84. The Kier molecular flexibility index (Phi) is 3.34. The molecule has 0 bridgehead atoms. The Morgan fingerprint density at radius 3 is 3.00 bits per heavy atom. The van der Waals surface area contributed by atoms with Crippen molar-refractivity contribution in [2.45, 2.75) is 6.54 Å². The number of nitrogens with one attached hydrogen (secondary N) is 1. The molecule has 3 aromatic rings. The van der Waals surface area contributed by atoms with E-state index in [4.69, 9.17) is 5.73 Å². The first kappa shape index (κ1) is 12.6. The van der Waals surface area contributed by atoms with Crippen molar-refractivity contribution in [3.05, 3.63) is 42.5 Å². The summed E-state index contributed by atoms with van der Waals surface area (Å²) in [5.41, 5.74) is 8.79. The highest BCUT2D eigenvalue weighted by atomic mass is 32.1. The van der Waals surface area contributed by atoms with Gasteiger partial charge in [0, 0.05) is 31.2 Å². The van der Waals surface area contributed by atoms with Gasteiger partial charge in [-0.1, -0.05) is 6.07 Å². The van der Waals surface area contributed by atoms with E-state index in [0.29, 0.717) is 12.4 Å². The minimum atomic E-state index is 0.520. The Morgan fingerprint density at radius 1 is 1.40 bits per heavy atom. The summed E-state index contributed by atoms with van der Waals surface area (Å²) in [6.07, 6.45) is 5.44. The molecule has 0 saturated heterocycles. The van der Waals surface area contributed by atoms with E-state index in [1.165, 1.54) is 11.5 Å². The lowest BCUT2D eigenvalue weighted by molar-refractivity contribution is 0.747. The van der Waals surface area contributed by atoms with E-state index in [1.54, 1.807) is 17.1 Å². The van der Waals surface area contributed by atoms with Crippen molar-refractivity contribution < 1.29 is 0 Å². The van der Waals surface area contributed by atoms with E-state index in [-0.39, 0.29) is 0 Å². The van der Waals surface area contributed by atoms with Crippen LogP contribution in [-0.2, 0) is 13.6 Å². The third-order valence-electron chi connectivity index (χ3n) is 2.87. The van der Waals surface area contributed by atoms with E-state index in [0.717, 1.165) is 21.8 Å². The van der Waals surface area contributed by atoms with Gasteiger partial charge in [0.15, 0.2) is 0 Å². The van der Waals surface area contributed by atoms with Crippen molar-refractivity contribution in [1.29, 1.82) is 0 Å². The number of anilines is 2. The van der Waals surface area contributed by atoms with Gasteiger partial charge < -0.3 is 11.1 Å². The van der Waals surface area contributed by atoms with Gasteiger partial charge in [0.1, 0.15) is 10.8 Å². The molecular weight excluding hydrogens is 272 g/mol. The molecule has 0 spiro atoms. The van der Waals surface area contributed by atoms with Crippen molar-refractivity contribution in [3.63, 3.8) is 0 Å². The normalized spacial score (nSPS) is 10.7. The molecule has 0 atom stereocenters. The summed E-state index contributed by atoms with van der Waals surface area (Å²) in [6.45, 7) is 0.635. The zero-order valence-corrected chi connectivity index (χ0v) is 11.8. The van der Waals surface area contributed by atoms with Crippen LogP contribution in [0.15, 0.2) is 36.8 Å². The number of hydrogen-bond acceptors (Lipinski definition) is 6. The van der Waals surface area contributed by atoms with Gasteiger partial charge in [0.2, 0.25) is 0 Å². The highest BCUT2D eigenvalue weighted by Crippen LogP contribution is 2.36. The molecule has 0 aliphatic heterocycles. The summed E-state index contributed by atoms with van der Waals surface area (Å²) in [4.78, 5) is 4.12. The number of nitrogens with two attached hydrogens (primary N) is 1. The summed E-state index contributed by atoms with van der Waals surface area (Å²) in [5.74, 6) is 0.520. The quantitative estimate of drug-likeness (QED) is 0.768. The van der Waals surface area contributed by atoms with Crippen LogP contribution in [0.3, 0.4) is 0 Å². The lowest BCUT2D eigenvalue weighted by Crippen LogP contribution is -2.01. The van der Waals surface area contributed by atoms with Crippen LogP contribution < -0.4 is 11.1 Å². The number of rotatable bonds is 4. The second kappa shape index (κ2) is 5.30. The second-order valence-electron chi connectivity index (χ2n) is 4.35. The predicted octanol–water partition coefficient (Wildman–Crippen LogP) is 2.13. The number of hydrogen-bond donors (Lipinski definition) is 2. The molecule has 0 aliphatic rings. The maximum Gasteiger partial charge on any atom is 0.147 e.